The van der Waals surface area contributed by atoms with E-state index in [0.29, 0.717) is 11.3 Å². The van der Waals surface area contributed by atoms with Gasteiger partial charge in [0, 0.05) is 16.9 Å². The average molecular weight is 415 g/mol. The first-order valence-corrected chi connectivity index (χ1v) is 11.4. The highest BCUT2D eigenvalue weighted by Gasteiger charge is 2.16. The number of anilines is 2. The van der Waals surface area contributed by atoms with Crippen molar-refractivity contribution in [3.05, 3.63) is 76.7 Å². The highest BCUT2D eigenvalue weighted by atomic mass is 32.2. The Bertz CT molecular complexity index is 1040. The van der Waals surface area contributed by atoms with Gasteiger partial charge in [-0.05, 0) is 59.7 Å². The molecule has 3 rings (SSSR count). The molecule has 1 aromatic heterocycles. The first-order valence-electron chi connectivity index (χ1n) is 9.03. The number of hydrogen-bond acceptors (Lipinski definition) is 4. The smallest absolute Gasteiger partial charge is 0.271 e. The van der Waals surface area contributed by atoms with Crippen molar-refractivity contribution < 1.29 is 13.2 Å². The minimum atomic E-state index is -3.60. The summed E-state index contributed by atoms with van der Waals surface area (Å²) in [6, 6.07) is 15.7. The Kier molecular flexibility index (Phi) is 6.16. The molecule has 0 aliphatic rings. The molecule has 146 valence electrons. The van der Waals surface area contributed by atoms with Crippen LogP contribution in [-0.2, 0) is 22.9 Å². The Morgan fingerprint density at radius 3 is 2.11 bits per heavy atom. The maximum Gasteiger partial charge on any atom is 0.271 e. The molecule has 0 spiro atoms. The fourth-order valence-electron chi connectivity index (χ4n) is 2.90. The lowest BCUT2D eigenvalue weighted by molar-refractivity contribution is 0.102. The van der Waals surface area contributed by atoms with Crippen molar-refractivity contribution in [2.45, 2.75) is 30.9 Å². The summed E-state index contributed by atoms with van der Waals surface area (Å²) in [6.45, 7) is 4.11. The molecule has 3 aromatic rings. The summed E-state index contributed by atoms with van der Waals surface area (Å²) in [4.78, 5) is 12.7. The molecular weight excluding hydrogens is 392 g/mol. The quantitative estimate of drug-likeness (QED) is 0.576. The second-order valence-corrected chi connectivity index (χ2v) is 9.08. The van der Waals surface area contributed by atoms with E-state index < -0.39 is 10.0 Å². The number of carbonyl (C=O) groups is 1. The number of thiophene rings is 1. The number of hydrogen-bond donors (Lipinski definition) is 2. The SMILES string of the molecule is CCc1cccc(CC)c1NC(=O)c1ccc(NS(=O)(=O)c2cccs2)cc1. The fraction of sp³-hybridized carbons (Fsp3) is 0.190. The van der Waals surface area contributed by atoms with Crippen molar-refractivity contribution in [3.63, 3.8) is 0 Å². The predicted octanol–water partition coefficient (Wildman–Crippen LogP) is 4.93. The zero-order chi connectivity index (χ0) is 20.1. The van der Waals surface area contributed by atoms with Crippen LogP contribution in [0.5, 0.6) is 0 Å². The number of benzene rings is 2. The zero-order valence-electron chi connectivity index (χ0n) is 15.7. The Labute approximate surface area is 169 Å². The van der Waals surface area contributed by atoms with Crippen LogP contribution in [0.25, 0.3) is 0 Å². The number of aryl methyl sites for hydroxylation is 2. The molecule has 0 saturated heterocycles. The van der Waals surface area contributed by atoms with Gasteiger partial charge in [-0.25, -0.2) is 8.42 Å². The number of carbonyl (C=O) groups excluding carboxylic acids is 1. The molecule has 0 aliphatic carbocycles. The lowest BCUT2D eigenvalue weighted by Gasteiger charge is -2.14. The van der Waals surface area contributed by atoms with Gasteiger partial charge in [0.05, 0.1) is 0 Å². The normalized spacial score (nSPS) is 11.2. The molecule has 0 bridgehead atoms. The van der Waals surface area contributed by atoms with E-state index in [9.17, 15) is 13.2 Å². The van der Waals surface area contributed by atoms with Crippen molar-refractivity contribution in [1.82, 2.24) is 0 Å². The molecule has 0 radical (unpaired) electrons. The van der Waals surface area contributed by atoms with Crippen LogP contribution in [0.15, 0.2) is 64.2 Å². The van der Waals surface area contributed by atoms with E-state index in [2.05, 4.69) is 23.9 Å². The zero-order valence-corrected chi connectivity index (χ0v) is 17.4. The first kappa shape index (κ1) is 20.1. The minimum absolute atomic E-state index is 0.219. The Hall–Kier alpha value is -2.64. The van der Waals surface area contributed by atoms with Crippen molar-refractivity contribution in [1.29, 1.82) is 0 Å². The van der Waals surface area contributed by atoms with Crippen LogP contribution < -0.4 is 10.0 Å². The lowest BCUT2D eigenvalue weighted by atomic mass is 10.0. The molecule has 0 fully saturated rings. The predicted molar refractivity (Wildman–Crippen MR) is 115 cm³/mol. The maximum absolute atomic E-state index is 12.7. The Morgan fingerprint density at radius 1 is 0.929 bits per heavy atom. The first-order chi connectivity index (χ1) is 13.4. The Balaban J connectivity index is 1.76. The third kappa shape index (κ3) is 4.43. The second-order valence-electron chi connectivity index (χ2n) is 6.23. The molecule has 0 aliphatic heterocycles. The van der Waals surface area contributed by atoms with E-state index in [4.69, 9.17) is 0 Å². The maximum atomic E-state index is 12.7. The number of sulfonamides is 1. The second kappa shape index (κ2) is 8.58. The largest absolute Gasteiger partial charge is 0.321 e. The van der Waals surface area contributed by atoms with E-state index in [0.717, 1.165) is 41.0 Å². The van der Waals surface area contributed by atoms with Gasteiger partial charge < -0.3 is 5.32 Å². The third-order valence-corrected chi connectivity index (χ3v) is 7.18. The van der Waals surface area contributed by atoms with Crippen LogP contribution in [-0.4, -0.2) is 14.3 Å². The highest BCUT2D eigenvalue weighted by molar-refractivity contribution is 7.94. The topological polar surface area (TPSA) is 75.3 Å². The monoisotopic (exact) mass is 414 g/mol. The van der Waals surface area contributed by atoms with Crippen LogP contribution in [0.4, 0.5) is 11.4 Å². The standard InChI is InChI=1S/C21H22N2O3S2/c1-3-15-7-5-8-16(4-2)20(15)22-21(24)17-10-12-18(13-11-17)23-28(25,26)19-9-6-14-27-19/h5-14,23H,3-4H2,1-2H3,(H,22,24). The van der Waals surface area contributed by atoms with Crippen molar-refractivity contribution in [2.24, 2.45) is 0 Å². The molecule has 7 heteroatoms. The van der Waals surface area contributed by atoms with Gasteiger partial charge in [-0.3, -0.25) is 9.52 Å². The number of amides is 1. The van der Waals surface area contributed by atoms with Gasteiger partial charge >= 0.3 is 0 Å². The van der Waals surface area contributed by atoms with E-state index >= 15 is 0 Å². The van der Waals surface area contributed by atoms with Crippen molar-refractivity contribution in [2.75, 3.05) is 10.0 Å². The van der Waals surface area contributed by atoms with Crippen LogP contribution in [0, 0.1) is 0 Å². The van der Waals surface area contributed by atoms with Gasteiger partial charge in [0.2, 0.25) is 0 Å². The van der Waals surface area contributed by atoms with Crippen LogP contribution in [0.1, 0.15) is 35.3 Å². The molecular formula is C21H22N2O3S2. The Morgan fingerprint density at radius 2 is 1.57 bits per heavy atom. The molecule has 1 amide bonds. The van der Waals surface area contributed by atoms with Crippen LogP contribution >= 0.6 is 11.3 Å². The number of para-hydroxylation sites is 1. The molecule has 0 unspecified atom stereocenters. The molecule has 1 heterocycles. The van der Waals surface area contributed by atoms with Gasteiger partial charge in [0.25, 0.3) is 15.9 Å². The summed E-state index contributed by atoms with van der Waals surface area (Å²) in [6.07, 6.45) is 1.65. The summed E-state index contributed by atoms with van der Waals surface area (Å²) in [5.74, 6) is -0.219. The highest BCUT2D eigenvalue weighted by Crippen LogP contribution is 2.24. The fourth-order valence-corrected chi connectivity index (χ4v) is 4.95. The summed E-state index contributed by atoms with van der Waals surface area (Å²) in [7, 11) is -3.60. The molecule has 2 aromatic carbocycles. The van der Waals surface area contributed by atoms with Crippen LogP contribution in [0.3, 0.4) is 0 Å². The number of rotatable bonds is 7. The van der Waals surface area contributed by atoms with E-state index in [1.807, 2.05) is 18.2 Å². The van der Waals surface area contributed by atoms with Gasteiger partial charge in [0.1, 0.15) is 4.21 Å². The van der Waals surface area contributed by atoms with Gasteiger partial charge in [-0.1, -0.05) is 38.1 Å². The van der Waals surface area contributed by atoms with Gasteiger partial charge in [0.15, 0.2) is 0 Å². The molecule has 5 nitrogen and oxygen atoms in total. The van der Waals surface area contributed by atoms with E-state index in [1.54, 1.807) is 41.8 Å². The van der Waals surface area contributed by atoms with Crippen LogP contribution in [0.2, 0.25) is 0 Å². The minimum Gasteiger partial charge on any atom is -0.321 e. The molecule has 2 N–H and O–H groups in total. The van der Waals surface area contributed by atoms with E-state index in [-0.39, 0.29) is 10.1 Å². The lowest BCUT2D eigenvalue weighted by Crippen LogP contribution is -2.15. The van der Waals surface area contributed by atoms with E-state index in [1.165, 1.54) is 0 Å². The summed E-state index contributed by atoms with van der Waals surface area (Å²) < 4.78 is 27.3. The molecule has 0 saturated carbocycles. The average Bonchev–Trinajstić information content (AvgIpc) is 3.24. The van der Waals surface area contributed by atoms with Crippen molar-refractivity contribution in [3.8, 4) is 0 Å². The molecule has 0 atom stereocenters. The van der Waals surface area contributed by atoms with Gasteiger partial charge in [-0.15, -0.1) is 11.3 Å². The van der Waals surface area contributed by atoms with Crippen molar-refractivity contribution >= 4 is 38.6 Å². The molecule has 28 heavy (non-hydrogen) atoms. The summed E-state index contributed by atoms with van der Waals surface area (Å²) in [5, 5.41) is 4.72. The number of nitrogens with one attached hydrogen (secondary N) is 2. The summed E-state index contributed by atoms with van der Waals surface area (Å²) >= 11 is 1.15. The third-order valence-electron chi connectivity index (χ3n) is 4.40. The summed E-state index contributed by atoms with van der Waals surface area (Å²) in [5.41, 5.74) is 3.92. The van der Waals surface area contributed by atoms with Gasteiger partial charge in [-0.2, -0.15) is 0 Å².